The summed E-state index contributed by atoms with van der Waals surface area (Å²) in [5.41, 5.74) is 7.31. The summed E-state index contributed by atoms with van der Waals surface area (Å²) < 4.78 is 5.79. The van der Waals surface area contributed by atoms with Crippen LogP contribution in [0.5, 0.6) is 5.75 Å². The van der Waals surface area contributed by atoms with Crippen LogP contribution in [-0.4, -0.2) is 31.1 Å². The lowest BCUT2D eigenvalue weighted by molar-refractivity contribution is 0.138. The Morgan fingerprint density at radius 2 is 1.90 bits per heavy atom. The number of nitrogens with two attached hydrogens (primary N) is 1. The fourth-order valence-electron chi connectivity index (χ4n) is 2.62. The van der Waals surface area contributed by atoms with Crippen LogP contribution in [0.2, 0.25) is 0 Å². The van der Waals surface area contributed by atoms with Gasteiger partial charge in [0.15, 0.2) is 0 Å². The number of nitrogens with zero attached hydrogens (tertiary/aromatic N) is 1. The monoisotopic (exact) mass is 292 g/mol. The number of hydrogen-bond acceptors (Lipinski definition) is 3. The average molecular weight is 292 g/mol. The molecule has 120 valence electrons. The maximum absolute atomic E-state index is 5.92. The lowest BCUT2D eigenvalue weighted by Crippen LogP contribution is -2.40. The number of benzene rings is 1. The molecule has 1 aromatic carbocycles. The van der Waals surface area contributed by atoms with Gasteiger partial charge < -0.3 is 10.5 Å². The highest BCUT2D eigenvalue weighted by Crippen LogP contribution is 2.31. The van der Waals surface area contributed by atoms with Crippen molar-refractivity contribution in [2.45, 2.75) is 47.1 Å². The Bertz CT molecular complexity index is 417. The van der Waals surface area contributed by atoms with Gasteiger partial charge in [-0.2, -0.15) is 0 Å². The average Bonchev–Trinajstić information content (AvgIpc) is 2.47. The number of para-hydroxylation sites is 1. The van der Waals surface area contributed by atoms with E-state index in [0.29, 0.717) is 19.2 Å². The molecule has 0 aliphatic carbocycles. The van der Waals surface area contributed by atoms with Crippen molar-refractivity contribution in [1.29, 1.82) is 0 Å². The zero-order valence-corrected chi connectivity index (χ0v) is 14.4. The second kappa shape index (κ2) is 8.40. The molecule has 0 fully saturated rings. The molecule has 0 spiro atoms. The molecule has 0 radical (unpaired) electrons. The molecule has 2 N–H and O–H groups in total. The van der Waals surface area contributed by atoms with Crippen LogP contribution in [0.25, 0.3) is 0 Å². The van der Waals surface area contributed by atoms with Gasteiger partial charge in [-0.1, -0.05) is 39.0 Å². The van der Waals surface area contributed by atoms with Crippen molar-refractivity contribution in [2.75, 3.05) is 26.2 Å². The van der Waals surface area contributed by atoms with Crippen LogP contribution in [0.1, 0.15) is 52.6 Å². The Kier molecular flexibility index (Phi) is 7.20. The highest BCUT2D eigenvalue weighted by atomic mass is 16.5. The first kappa shape index (κ1) is 18.0. The predicted molar refractivity (Wildman–Crippen MR) is 90.7 cm³/mol. The number of hydrogen-bond donors (Lipinski definition) is 1. The van der Waals surface area contributed by atoms with Crippen molar-refractivity contribution < 1.29 is 4.74 Å². The minimum Gasteiger partial charge on any atom is -0.494 e. The first-order chi connectivity index (χ1) is 9.95. The van der Waals surface area contributed by atoms with Crippen LogP contribution in [0.15, 0.2) is 24.3 Å². The van der Waals surface area contributed by atoms with Gasteiger partial charge in [-0.25, -0.2) is 0 Å². The highest BCUT2D eigenvalue weighted by molar-refractivity contribution is 5.35. The lowest BCUT2D eigenvalue weighted by Gasteiger charge is -2.36. The summed E-state index contributed by atoms with van der Waals surface area (Å²) in [6, 6.07) is 8.70. The third-order valence-corrected chi connectivity index (χ3v) is 3.91. The largest absolute Gasteiger partial charge is 0.494 e. The van der Waals surface area contributed by atoms with E-state index in [1.807, 2.05) is 13.0 Å². The van der Waals surface area contributed by atoms with Crippen molar-refractivity contribution in [3.63, 3.8) is 0 Å². The summed E-state index contributed by atoms with van der Waals surface area (Å²) in [4.78, 5) is 2.52. The quantitative estimate of drug-likeness (QED) is 0.751. The van der Waals surface area contributed by atoms with E-state index in [1.54, 1.807) is 0 Å². The molecule has 0 bridgehead atoms. The molecule has 0 aliphatic rings. The van der Waals surface area contributed by atoms with Crippen molar-refractivity contribution in [3.8, 4) is 5.75 Å². The fourth-order valence-corrected chi connectivity index (χ4v) is 2.62. The first-order valence-corrected chi connectivity index (χ1v) is 8.11. The van der Waals surface area contributed by atoms with Crippen LogP contribution >= 0.6 is 0 Å². The lowest BCUT2D eigenvalue weighted by atomic mass is 9.91. The van der Waals surface area contributed by atoms with E-state index in [4.69, 9.17) is 10.5 Å². The fraction of sp³-hybridized carbons (Fsp3) is 0.667. The van der Waals surface area contributed by atoms with Gasteiger partial charge in [0.2, 0.25) is 0 Å². The highest BCUT2D eigenvalue weighted by Gasteiger charge is 2.25. The van der Waals surface area contributed by atoms with Gasteiger partial charge in [0.05, 0.1) is 6.61 Å². The molecular formula is C18H32N2O. The summed E-state index contributed by atoms with van der Waals surface area (Å²) in [7, 11) is 0. The van der Waals surface area contributed by atoms with Crippen LogP contribution in [0.3, 0.4) is 0 Å². The first-order valence-electron chi connectivity index (χ1n) is 8.11. The van der Waals surface area contributed by atoms with Gasteiger partial charge in [0, 0.05) is 18.2 Å². The van der Waals surface area contributed by atoms with Crippen LogP contribution < -0.4 is 10.5 Å². The van der Waals surface area contributed by atoms with Crippen molar-refractivity contribution >= 4 is 0 Å². The third-order valence-electron chi connectivity index (χ3n) is 3.91. The molecule has 21 heavy (non-hydrogen) atoms. The Hall–Kier alpha value is -1.06. The molecule has 0 amide bonds. The van der Waals surface area contributed by atoms with Gasteiger partial charge in [0.1, 0.15) is 5.75 Å². The predicted octanol–water partition coefficient (Wildman–Crippen LogP) is 3.84. The van der Waals surface area contributed by atoms with E-state index in [-0.39, 0.29) is 5.41 Å². The van der Waals surface area contributed by atoms with E-state index >= 15 is 0 Å². The third kappa shape index (κ3) is 5.33. The molecule has 3 heteroatoms. The van der Waals surface area contributed by atoms with E-state index in [9.17, 15) is 0 Å². The molecule has 0 heterocycles. The molecule has 1 aromatic rings. The molecule has 1 rings (SSSR count). The van der Waals surface area contributed by atoms with E-state index < -0.39 is 0 Å². The summed E-state index contributed by atoms with van der Waals surface area (Å²) in [6.45, 7) is 14.5. The molecule has 1 atom stereocenters. The van der Waals surface area contributed by atoms with Gasteiger partial charge >= 0.3 is 0 Å². The standard InChI is InChI=1S/C18H32N2O/c1-6-12-20(14-18(4,5)13-19)15(3)16-10-8-9-11-17(16)21-7-2/h8-11,15H,6-7,12-14,19H2,1-5H3. The van der Waals surface area contributed by atoms with Gasteiger partial charge in [-0.05, 0) is 44.8 Å². The number of ether oxygens (including phenoxy) is 1. The summed E-state index contributed by atoms with van der Waals surface area (Å²) in [5, 5.41) is 0. The van der Waals surface area contributed by atoms with Crippen LogP contribution in [-0.2, 0) is 0 Å². The molecule has 0 aliphatic heterocycles. The second-order valence-electron chi connectivity index (χ2n) is 6.49. The maximum atomic E-state index is 5.92. The summed E-state index contributed by atoms with van der Waals surface area (Å²) in [6.07, 6.45) is 1.14. The van der Waals surface area contributed by atoms with E-state index in [0.717, 1.165) is 25.3 Å². The normalized spacial score (nSPS) is 13.5. The van der Waals surface area contributed by atoms with E-state index in [1.165, 1.54) is 5.56 Å². The minimum atomic E-state index is 0.129. The smallest absolute Gasteiger partial charge is 0.124 e. The molecule has 0 aromatic heterocycles. The summed E-state index contributed by atoms with van der Waals surface area (Å²) >= 11 is 0. The second-order valence-corrected chi connectivity index (χ2v) is 6.49. The summed E-state index contributed by atoms with van der Waals surface area (Å²) in [5.74, 6) is 0.999. The Morgan fingerprint density at radius 3 is 2.48 bits per heavy atom. The topological polar surface area (TPSA) is 38.5 Å². The maximum Gasteiger partial charge on any atom is 0.124 e. The molecular weight excluding hydrogens is 260 g/mol. The van der Waals surface area contributed by atoms with Crippen molar-refractivity contribution in [2.24, 2.45) is 11.1 Å². The zero-order valence-electron chi connectivity index (χ0n) is 14.4. The van der Waals surface area contributed by atoms with Crippen molar-refractivity contribution in [1.82, 2.24) is 4.90 Å². The van der Waals surface area contributed by atoms with Crippen LogP contribution in [0, 0.1) is 5.41 Å². The van der Waals surface area contributed by atoms with Gasteiger partial charge in [-0.3, -0.25) is 4.90 Å². The number of rotatable bonds is 9. The Balaban J connectivity index is 2.97. The Labute approximate surface area is 130 Å². The molecule has 0 saturated heterocycles. The molecule has 3 nitrogen and oxygen atoms in total. The zero-order chi connectivity index (χ0) is 15.9. The molecule has 0 saturated carbocycles. The van der Waals surface area contributed by atoms with Crippen LogP contribution in [0.4, 0.5) is 0 Å². The van der Waals surface area contributed by atoms with Crippen molar-refractivity contribution in [3.05, 3.63) is 29.8 Å². The Morgan fingerprint density at radius 1 is 1.24 bits per heavy atom. The SMILES string of the molecule is CCCN(CC(C)(C)CN)C(C)c1ccccc1OCC. The molecule has 1 unspecified atom stereocenters. The van der Waals surface area contributed by atoms with Gasteiger partial charge in [-0.15, -0.1) is 0 Å². The minimum absolute atomic E-state index is 0.129. The van der Waals surface area contributed by atoms with Gasteiger partial charge in [0.25, 0.3) is 0 Å². The van der Waals surface area contributed by atoms with E-state index in [2.05, 4.69) is 50.8 Å².